The molecule has 54 heavy (non-hydrogen) atoms. The van der Waals surface area contributed by atoms with Gasteiger partial charge in [-0.1, -0.05) is 47.0 Å². The monoisotopic (exact) mass is 850 g/mol. The van der Waals surface area contributed by atoms with Crippen molar-refractivity contribution in [1.29, 1.82) is 0 Å². The maximum Gasteiger partial charge on any atom is 0.417 e. The molecule has 4 aliphatic rings. The minimum absolute atomic E-state index is 0.0121. The zero-order valence-corrected chi connectivity index (χ0v) is 31.0. The molecule has 3 aromatic rings. The molecule has 1 saturated carbocycles. The second kappa shape index (κ2) is 13.6. The standard InChI is InChI=1S/C36H28BrCl2F3N4O8/c1-54-25-11-15(10-23(37)29(25)49)28-19-6-7-20-27(33(52)45(31(20)50)9-8-26(47)48)21(19)13-22-32(51)46(34(53)35(22,28)16-2-4-18(38)5-3-16)44-30-24(39)12-17(14-43-30)36(40,41)42/h2-6,10-12,14,20-22,27-28,49H,7-9,13H2,1H3,(H,43,44)(H,47,48)/t20-,21+,22-,27-,28-,35+/m0/s1. The highest BCUT2D eigenvalue weighted by molar-refractivity contribution is 9.10. The number of halogens is 6. The van der Waals surface area contributed by atoms with Gasteiger partial charge < -0.3 is 14.9 Å². The number of likely N-dealkylation sites (tertiary alicyclic amines) is 1. The summed E-state index contributed by atoms with van der Waals surface area (Å²) < 4.78 is 46.0. The quantitative estimate of drug-likeness (QED) is 0.172. The number of ether oxygens (including phenoxy) is 1. The van der Waals surface area contributed by atoms with E-state index in [2.05, 4.69) is 26.3 Å². The molecule has 12 nitrogen and oxygen atoms in total. The number of phenols is 1. The first-order valence-corrected chi connectivity index (χ1v) is 18.0. The molecule has 4 amide bonds. The largest absolute Gasteiger partial charge is 0.503 e. The van der Waals surface area contributed by atoms with Crippen LogP contribution in [0.1, 0.15) is 41.9 Å². The van der Waals surface area contributed by atoms with Gasteiger partial charge >= 0.3 is 12.1 Å². The van der Waals surface area contributed by atoms with Crippen LogP contribution in [0.3, 0.4) is 0 Å². The lowest BCUT2D eigenvalue weighted by atomic mass is 9.49. The summed E-state index contributed by atoms with van der Waals surface area (Å²) in [6.07, 6.45) is -3.05. The normalized spacial score (nSPS) is 26.4. The molecule has 282 valence electrons. The van der Waals surface area contributed by atoms with Crippen LogP contribution in [0.2, 0.25) is 10.0 Å². The molecule has 0 bridgehead atoms. The summed E-state index contributed by atoms with van der Waals surface area (Å²) in [4.78, 5) is 73.8. The molecule has 2 aromatic carbocycles. The summed E-state index contributed by atoms with van der Waals surface area (Å²) in [6, 6.07) is 9.88. The third kappa shape index (κ3) is 5.80. The highest BCUT2D eigenvalue weighted by Gasteiger charge is 2.70. The minimum atomic E-state index is -4.78. The van der Waals surface area contributed by atoms with Crippen LogP contribution in [0.15, 0.2) is 64.8 Å². The van der Waals surface area contributed by atoms with Gasteiger partial charge in [-0.05, 0) is 76.1 Å². The number of aliphatic carboxylic acids is 1. The predicted molar refractivity (Wildman–Crippen MR) is 188 cm³/mol. The van der Waals surface area contributed by atoms with Crippen LogP contribution in [0.5, 0.6) is 11.5 Å². The van der Waals surface area contributed by atoms with Gasteiger partial charge in [0.1, 0.15) is 0 Å². The topological polar surface area (TPSA) is 166 Å². The Morgan fingerprint density at radius 3 is 2.41 bits per heavy atom. The molecule has 7 rings (SSSR count). The van der Waals surface area contributed by atoms with Gasteiger partial charge in [-0.2, -0.15) is 18.2 Å². The van der Waals surface area contributed by atoms with Crippen molar-refractivity contribution < 1.29 is 52.1 Å². The summed E-state index contributed by atoms with van der Waals surface area (Å²) in [5.41, 5.74) is 0.827. The number of aromatic nitrogens is 1. The van der Waals surface area contributed by atoms with E-state index >= 15 is 4.79 Å². The van der Waals surface area contributed by atoms with Crippen molar-refractivity contribution in [2.45, 2.75) is 36.8 Å². The van der Waals surface area contributed by atoms with Crippen LogP contribution in [0, 0.1) is 23.7 Å². The van der Waals surface area contributed by atoms with Crippen LogP contribution in [-0.4, -0.2) is 68.4 Å². The summed E-state index contributed by atoms with van der Waals surface area (Å²) in [5, 5.41) is 20.5. The first kappa shape index (κ1) is 37.6. The van der Waals surface area contributed by atoms with Crippen LogP contribution in [-0.2, 0) is 35.6 Å². The van der Waals surface area contributed by atoms with E-state index in [-0.39, 0.29) is 35.4 Å². The van der Waals surface area contributed by atoms with Crippen LogP contribution in [0.25, 0.3) is 0 Å². The fourth-order valence-electron chi connectivity index (χ4n) is 8.57. The van der Waals surface area contributed by atoms with Gasteiger partial charge in [-0.15, -0.1) is 0 Å². The summed E-state index contributed by atoms with van der Waals surface area (Å²) in [7, 11) is 1.32. The number of carboxylic acid groups (broad SMARTS) is 1. The van der Waals surface area contributed by atoms with Gasteiger partial charge in [-0.3, -0.25) is 34.3 Å². The number of imide groups is 2. The lowest BCUT2D eigenvalue weighted by Crippen LogP contribution is -2.53. The molecular formula is C36H28BrCl2F3N4O8. The molecule has 0 unspecified atom stereocenters. The first-order chi connectivity index (χ1) is 25.5. The number of nitrogens with zero attached hydrogens (tertiary/aromatic N) is 3. The van der Waals surface area contributed by atoms with Crippen LogP contribution >= 0.6 is 39.1 Å². The van der Waals surface area contributed by atoms with E-state index in [9.17, 15) is 42.6 Å². The van der Waals surface area contributed by atoms with Crippen molar-refractivity contribution in [1.82, 2.24) is 14.9 Å². The van der Waals surface area contributed by atoms with Crippen LogP contribution in [0.4, 0.5) is 19.0 Å². The average Bonchev–Trinajstić information content (AvgIpc) is 3.49. The minimum Gasteiger partial charge on any atom is -0.503 e. The predicted octanol–water partition coefficient (Wildman–Crippen LogP) is 6.34. The number of allylic oxidation sites excluding steroid dienone is 2. The SMILES string of the molecule is COc1cc([C@H]2C3=CC[C@@H]4C(=O)N(CCC(=O)O)C(=O)[C@@H]4[C@@H]3C[C@H]3C(=O)N(Nc4ncc(C(F)(F)F)cc4Cl)C(=O)[C@@]23c2ccc(Cl)cc2)cc(Br)c1O. The maximum absolute atomic E-state index is 15.3. The number of hydrogen-bond acceptors (Lipinski definition) is 9. The number of amides is 4. The number of phenolic OH excluding ortho intramolecular Hbond substituents is 1. The van der Waals surface area contributed by atoms with E-state index < -0.39 is 93.6 Å². The number of carbonyl (C=O) groups excluding carboxylic acids is 4. The van der Waals surface area contributed by atoms with E-state index in [4.69, 9.17) is 27.9 Å². The van der Waals surface area contributed by atoms with Crippen molar-refractivity contribution in [2.75, 3.05) is 19.1 Å². The van der Waals surface area contributed by atoms with Gasteiger partial charge in [0.25, 0.3) is 11.8 Å². The lowest BCUT2D eigenvalue weighted by Gasteiger charge is -2.50. The smallest absolute Gasteiger partial charge is 0.417 e. The number of rotatable bonds is 8. The number of fused-ring (bicyclic) bond motifs is 4. The number of anilines is 1. The molecule has 3 fully saturated rings. The number of hydrazine groups is 1. The van der Waals surface area contributed by atoms with E-state index in [0.29, 0.717) is 39.0 Å². The third-order valence-electron chi connectivity index (χ3n) is 10.8. The Morgan fingerprint density at radius 2 is 1.78 bits per heavy atom. The molecule has 2 saturated heterocycles. The Bertz CT molecular complexity index is 2170. The molecule has 0 radical (unpaired) electrons. The number of hydrogen-bond donors (Lipinski definition) is 3. The van der Waals surface area contributed by atoms with Crippen molar-refractivity contribution in [3.05, 3.63) is 91.5 Å². The number of carbonyl (C=O) groups is 5. The Balaban J connectivity index is 1.44. The molecule has 18 heteroatoms. The fraction of sp³-hybridized carbons (Fsp3) is 0.333. The Labute approximate surface area is 323 Å². The van der Waals surface area contributed by atoms with Gasteiger partial charge in [0.2, 0.25) is 11.8 Å². The van der Waals surface area contributed by atoms with Gasteiger partial charge in [0, 0.05) is 23.7 Å². The van der Waals surface area contributed by atoms with Crippen molar-refractivity contribution >= 4 is 74.5 Å². The van der Waals surface area contributed by atoms with E-state index in [1.165, 1.54) is 25.3 Å². The number of benzene rings is 2. The molecular weight excluding hydrogens is 824 g/mol. The zero-order chi connectivity index (χ0) is 39.0. The third-order valence-corrected chi connectivity index (χ3v) is 11.9. The zero-order valence-electron chi connectivity index (χ0n) is 27.9. The summed E-state index contributed by atoms with van der Waals surface area (Å²) >= 11 is 15.9. The summed E-state index contributed by atoms with van der Waals surface area (Å²) in [5.74, 6) is -9.67. The molecule has 6 atom stereocenters. The highest BCUT2D eigenvalue weighted by Crippen LogP contribution is 2.64. The molecule has 2 aliphatic carbocycles. The fourth-order valence-corrected chi connectivity index (χ4v) is 9.36. The van der Waals surface area contributed by atoms with Crippen molar-refractivity contribution in [2.24, 2.45) is 23.7 Å². The van der Waals surface area contributed by atoms with Gasteiger partial charge in [0.15, 0.2) is 17.3 Å². The second-order valence-corrected chi connectivity index (χ2v) is 15.1. The molecule has 1 aromatic heterocycles. The van der Waals surface area contributed by atoms with E-state index in [0.717, 1.165) is 4.90 Å². The Morgan fingerprint density at radius 1 is 1.07 bits per heavy atom. The number of nitrogens with one attached hydrogen (secondary N) is 1. The second-order valence-electron chi connectivity index (χ2n) is 13.4. The van der Waals surface area contributed by atoms with Gasteiger partial charge in [0.05, 0.1) is 51.8 Å². The van der Waals surface area contributed by atoms with Crippen LogP contribution < -0.4 is 10.2 Å². The van der Waals surface area contributed by atoms with Gasteiger partial charge in [-0.25, -0.2) is 4.98 Å². The van der Waals surface area contributed by atoms with Crippen molar-refractivity contribution in [3.8, 4) is 11.5 Å². The number of methoxy groups -OCH3 is 1. The first-order valence-electron chi connectivity index (χ1n) is 16.5. The molecule has 3 heterocycles. The molecule has 0 spiro atoms. The maximum atomic E-state index is 15.3. The van der Waals surface area contributed by atoms with E-state index in [1.807, 2.05) is 0 Å². The Hall–Kier alpha value is -4.67. The number of aromatic hydroxyl groups is 1. The molecule has 3 N–H and O–H groups in total. The number of pyridine rings is 1. The Kier molecular flexibility index (Phi) is 9.46. The number of alkyl halides is 3. The highest BCUT2D eigenvalue weighted by atomic mass is 79.9. The molecule has 2 aliphatic heterocycles. The average molecular weight is 852 g/mol. The van der Waals surface area contributed by atoms with E-state index in [1.54, 1.807) is 24.3 Å². The number of carboxylic acids is 1. The lowest BCUT2D eigenvalue weighted by molar-refractivity contribution is -0.143. The van der Waals surface area contributed by atoms with Crippen molar-refractivity contribution in [3.63, 3.8) is 0 Å². The summed E-state index contributed by atoms with van der Waals surface area (Å²) in [6.45, 7) is -0.346.